The second-order valence-corrected chi connectivity index (χ2v) is 4.61. The molecule has 0 aliphatic carbocycles. The van der Waals surface area contributed by atoms with Crippen molar-refractivity contribution in [3.63, 3.8) is 0 Å². The lowest BCUT2D eigenvalue weighted by Crippen LogP contribution is -2.32. The molecule has 0 bridgehead atoms. The zero-order chi connectivity index (χ0) is 11.0. The minimum atomic E-state index is 0.333. The van der Waals surface area contributed by atoms with Gasteiger partial charge in [0.25, 0.3) is 0 Å². The quantitative estimate of drug-likeness (QED) is 0.758. The van der Waals surface area contributed by atoms with Crippen LogP contribution in [0.2, 0.25) is 0 Å². The highest BCUT2D eigenvalue weighted by Crippen LogP contribution is 2.26. The Balaban J connectivity index is 1.74. The normalized spacial score (nSPS) is 31.2. The summed E-state index contributed by atoms with van der Waals surface area (Å²) in [5, 5.41) is 3.49. The van der Waals surface area contributed by atoms with Crippen LogP contribution in [0.4, 0.5) is 0 Å². The molecule has 16 heavy (non-hydrogen) atoms. The average Bonchev–Trinajstić information content (AvgIpc) is 2.97. The first kappa shape index (κ1) is 9.70. The number of fused-ring (bicyclic) bond motifs is 1. The number of nitrogens with one attached hydrogen (secondary N) is 1. The minimum Gasteiger partial charge on any atom is -0.375 e. The summed E-state index contributed by atoms with van der Waals surface area (Å²) >= 11 is 0. The fraction of sp³-hybridized carbons (Fsp3) is 0.462. The van der Waals surface area contributed by atoms with Crippen LogP contribution in [0.5, 0.6) is 0 Å². The molecule has 84 valence electrons. The van der Waals surface area contributed by atoms with E-state index in [2.05, 4.69) is 33.9 Å². The molecule has 1 N–H and O–H groups in total. The number of hydrogen-bond donors (Lipinski definition) is 1. The largest absolute Gasteiger partial charge is 0.375 e. The average molecular weight is 215 g/mol. The van der Waals surface area contributed by atoms with E-state index >= 15 is 0 Å². The first-order valence-corrected chi connectivity index (χ1v) is 5.97. The summed E-state index contributed by atoms with van der Waals surface area (Å²) in [6, 6.07) is 0.333. The summed E-state index contributed by atoms with van der Waals surface area (Å²) in [6.07, 6.45) is 10.8. The molecule has 3 heteroatoms. The third kappa shape index (κ3) is 1.56. The molecule has 3 heterocycles. The van der Waals surface area contributed by atoms with Crippen molar-refractivity contribution >= 4 is 6.21 Å². The Bertz CT molecular complexity index is 386. The summed E-state index contributed by atoms with van der Waals surface area (Å²) in [5.74, 6) is 0.451. The van der Waals surface area contributed by atoms with Gasteiger partial charge < -0.3 is 10.2 Å². The zero-order valence-electron chi connectivity index (χ0n) is 9.39. The predicted octanol–water partition coefficient (Wildman–Crippen LogP) is 1.67. The van der Waals surface area contributed by atoms with Gasteiger partial charge in [0.1, 0.15) is 0 Å². The summed E-state index contributed by atoms with van der Waals surface area (Å²) in [6.45, 7) is 6.50. The maximum absolute atomic E-state index is 4.20. The molecule has 0 spiro atoms. The molecule has 0 aromatic rings. The Morgan fingerprint density at radius 2 is 2.25 bits per heavy atom. The van der Waals surface area contributed by atoms with E-state index in [0.29, 0.717) is 12.0 Å². The Labute approximate surface area is 96.2 Å². The number of nitrogens with zero attached hydrogens (tertiary/aromatic N) is 2. The van der Waals surface area contributed by atoms with Gasteiger partial charge in [0.2, 0.25) is 0 Å². The zero-order valence-corrected chi connectivity index (χ0v) is 9.39. The third-order valence-electron chi connectivity index (χ3n) is 3.54. The number of likely N-dealkylation sites (tertiary alicyclic amines) is 1. The van der Waals surface area contributed by atoms with E-state index in [1.54, 1.807) is 0 Å². The van der Waals surface area contributed by atoms with Gasteiger partial charge in [0.15, 0.2) is 0 Å². The van der Waals surface area contributed by atoms with Crippen LogP contribution >= 0.6 is 0 Å². The van der Waals surface area contributed by atoms with E-state index in [1.165, 1.54) is 18.5 Å². The van der Waals surface area contributed by atoms with Crippen molar-refractivity contribution < 1.29 is 0 Å². The topological polar surface area (TPSA) is 27.6 Å². The SMILES string of the molecule is C=C(C1=CC2C=CN=CC2N1)N1CCCC1. The summed E-state index contributed by atoms with van der Waals surface area (Å²) < 4.78 is 0. The van der Waals surface area contributed by atoms with Crippen LogP contribution in [-0.2, 0) is 0 Å². The lowest BCUT2D eigenvalue weighted by atomic mass is 10.0. The molecule has 2 atom stereocenters. The number of hydrogen-bond acceptors (Lipinski definition) is 3. The molecular formula is C13H17N3. The van der Waals surface area contributed by atoms with Crippen molar-refractivity contribution in [3.05, 3.63) is 36.3 Å². The Kier molecular flexibility index (Phi) is 2.31. The van der Waals surface area contributed by atoms with E-state index in [9.17, 15) is 0 Å². The van der Waals surface area contributed by atoms with Crippen LogP contribution in [-0.4, -0.2) is 30.2 Å². The molecule has 1 fully saturated rings. The molecule has 3 aliphatic rings. The first-order chi connectivity index (χ1) is 7.84. The van der Waals surface area contributed by atoms with E-state index in [-0.39, 0.29) is 0 Å². The molecule has 3 aliphatic heterocycles. The molecule has 3 rings (SSSR count). The van der Waals surface area contributed by atoms with Crippen LogP contribution in [0, 0.1) is 5.92 Å². The third-order valence-corrected chi connectivity index (χ3v) is 3.54. The fourth-order valence-electron chi connectivity index (χ4n) is 2.56. The molecule has 3 nitrogen and oxygen atoms in total. The highest BCUT2D eigenvalue weighted by Gasteiger charge is 2.28. The van der Waals surface area contributed by atoms with E-state index in [0.717, 1.165) is 18.8 Å². The maximum Gasteiger partial charge on any atom is 0.0715 e. The summed E-state index contributed by atoms with van der Waals surface area (Å²) in [5.41, 5.74) is 2.34. The van der Waals surface area contributed by atoms with Crippen molar-refractivity contribution in [2.45, 2.75) is 18.9 Å². The molecule has 2 unspecified atom stereocenters. The van der Waals surface area contributed by atoms with Crippen molar-refractivity contribution in [2.75, 3.05) is 13.1 Å². The highest BCUT2D eigenvalue weighted by molar-refractivity contribution is 5.70. The first-order valence-electron chi connectivity index (χ1n) is 5.97. The molecule has 1 saturated heterocycles. The van der Waals surface area contributed by atoms with Crippen LogP contribution in [0.1, 0.15) is 12.8 Å². The van der Waals surface area contributed by atoms with Gasteiger partial charge in [-0.3, -0.25) is 4.99 Å². The molecular weight excluding hydrogens is 198 g/mol. The fourth-order valence-corrected chi connectivity index (χ4v) is 2.56. The van der Waals surface area contributed by atoms with Crippen LogP contribution < -0.4 is 5.32 Å². The van der Waals surface area contributed by atoms with Crippen LogP contribution in [0.3, 0.4) is 0 Å². The van der Waals surface area contributed by atoms with Gasteiger partial charge in [0, 0.05) is 31.4 Å². The van der Waals surface area contributed by atoms with Crippen molar-refractivity contribution in [1.29, 1.82) is 0 Å². The van der Waals surface area contributed by atoms with Crippen molar-refractivity contribution in [2.24, 2.45) is 10.9 Å². The Morgan fingerprint density at radius 3 is 3.00 bits per heavy atom. The molecule has 0 saturated carbocycles. The molecule has 0 aromatic carbocycles. The van der Waals surface area contributed by atoms with E-state index in [4.69, 9.17) is 0 Å². The monoisotopic (exact) mass is 215 g/mol. The minimum absolute atomic E-state index is 0.333. The number of rotatable bonds is 2. The second-order valence-electron chi connectivity index (χ2n) is 4.61. The summed E-state index contributed by atoms with van der Waals surface area (Å²) in [7, 11) is 0. The van der Waals surface area contributed by atoms with E-state index < -0.39 is 0 Å². The van der Waals surface area contributed by atoms with Gasteiger partial charge in [-0.2, -0.15) is 0 Å². The van der Waals surface area contributed by atoms with Crippen LogP contribution in [0.25, 0.3) is 0 Å². The van der Waals surface area contributed by atoms with Gasteiger partial charge in [-0.25, -0.2) is 0 Å². The van der Waals surface area contributed by atoms with Crippen LogP contribution in [0.15, 0.2) is 41.3 Å². The molecule has 0 amide bonds. The lowest BCUT2D eigenvalue weighted by molar-refractivity contribution is 0.430. The summed E-state index contributed by atoms with van der Waals surface area (Å²) in [4.78, 5) is 6.54. The molecule has 0 aromatic heterocycles. The maximum atomic E-state index is 4.20. The van der Waals surface area contributed by atoms with Gasteiger partial charge in [-0.15, -0.1) is 0 Å². The van der Waals surface area contributed by atoms with E-state index in [1.807, 2.05) is 12.4 Å². The number of aliphatic imine (C=N–C) groups is 1. The smallest absolute Gasteiger partial charge is 0.0715 e. The van der Waals surface area contributed by atoms with Crippen molar-refractivity contribution in [3.8, 4) is 0 Å². The van der Waals surface area contributed by atoms with Crippen molar-refractivity contribution in [1.82, 2.24) is 10.2 Å². The molecule has 0 radical (unpaired) electrons. The highest BCUT2D eigenvalue weighted by atomic mass is 15.2. The second kappa shape index (κ2) is 3.81. The Morgan fingerprint density at radius 1 is 1.44 bits per heavy atom. The predicted molar refractivity (Wildman–Crippen MR) is 66.1 cm³/mol. The van der Waals surface area contributed by atoms with Gasteiger partial charge in [-0.05, 0) is 18.9 Å². The van der Waals surface area contributed by atoms with Gasteiger partial charge in [0.05, 0.1) is 17.4 Å². The van der Waals surface area contributed by atoms with Gasteiger partial charge >= 0.3 is 0 Å². The lowest BCUT2D eigenvalue weighted by Gasteiger charge is -2.22. The Hall–Kier alpha value is -1.51. The van der Waals surface area contributed by atoms with Gasteiger partial charge in [-0.1, -0.05) is 12.7 Å². The standard InChI is InChI=1S/C13H17N3/c1-10(16-6-2-3-7-16)12-8-11-4-5-14-9-13(11)15-12/h4-5,8-9,11,13,15H,1-3,6-7H2.